The van der Waals surface area contributed by atoms with Crippen LogP contribution in [-0.4, -0.2) is 13.1 Å². The minimum Gasteiger partial charge on any atom is -0.316 e. The fourth-order valence-electron chi connectivity index (χ4n) is 1.89. The summed E-state index contributed by atoms with van der Waals surface area (Å²) in [4.78, 5) is 0. The van der Waals surface area contributed by atoms with Gasteiger partial charge in [0, 0.05) is 6.54 Å². The molecule has 17 heavy (non-hydrogen) atoms. The molecule has 2 heteroatoms. The molecule has 1 aromatic carbocycles. The van der Waals surface area contributed by atoms with E-state index in [1.165, 1.54) is 11.1 Å². The average Bonchev–Trinajstić information content (AvgIpc) is 2.88. The second kappa shape index (κ2) is 6.58. The van der Waals surface area contributed by atoms with Crippen LogP contribution in [0.2, 0.25) is 0 Å². The van der Waals surface area contributed by atoms with Gasteiger partial charge in [-0.3, -0.25) is 0 Å². The van der Waals surface area contributed by atoms with Crippen LogP contribution in [0.5, 0.6) is 0 Å². The zero-order valence-corrected chi connectivity index (χ0v) is 11.0. The fraction of sp³-hybridized carbons (Fsp3) is 0.333. The molecule has 0 fully saturated rings. The summed E-state index contributed by atoms with van der Waals surface area (Å²) in [5, 5.41) is 7.89. The molecule has 0 spiro atoms. The van der Waals surface area contributed by atoms with E-state index in [-0.39, 0.29) is 0 Å². The Hall–Kier alpha value is -1.12. The number of hydrogen-bond acceptors (Lipinski definition) is 2. The lowest BCUT2D eigenvalue weighted by Gasteiger charge is -2.12. The molecule has 1 unspecified atom stereocenters. The van der Waals surface area contributed by atoms with Gasteiger partial charge in [-0.1, -0.05) is 37.3 Å². The van der Waals surface area contributed by atoms with Gasteiger partial charge in [0.05, 0.1) is 0 Å². The number of nitrogens with one attached hydrogen (secondary N) is 1. The number of hydrogen-bond donors (Lipinski definition) is 1. The van der Waals surface area contributed by atoms with Crippen molar-refractivity contribution in [3.05, 3.63) is 58.3 Å². The smallest absolute Gasteiger partial charge is 0.00176 e. The Bertz CT molecular complexity index is 408. The van der Waals surface area contributed by atoms with Crippen LogP contribution in [0, 0.1) is 0 Å². The third-order valence-corrected chi connectivity index (χ3v) is 3.72. The number of rotatable bonds is 6. The van der Waals surface area contributed by atoms with Gasteiger partial charge in [-0.15, -0.1) is 0 Å². The van der Waals surface area contributed by atoms with Crippen molar-refractivity contribution in [3.63, 3.8) is 0 Å². The molecule has 0 saturated heterocycles. The second-order valence-corrected chi connectivity index (χ2v) is 5.18. The Labute approximate surface area is 108 Å². The molecule has 2 aromatic rings. The molecule has 1 aromatic heterocycles. The quantitative estimate of drug-likeness (QED) is 0.765. The van der Waals surface area contributed by atoms with E-state index in [1.807, 2.05) is 0 Å². The Kier molecular flexibility index (Phi) is 4.77. The summed E-state index contributed by atoms with van der Waals surface area (Å²) in [7, 11) is 0. The Balaban J connectivity index is 1.68. The molecule has 1 atom stereocenters. The van der Waals surface area contributed by atoms with Gasteiger partial charge in [-0.05, 0) is 46.8 Å². The summed E-state index contributed by atoms with van der Waals surface area (Å²) < 4.78 is 0. The molecule has 0 saturated carbocycles. The molecule has 0 aliphatic rings. The van der Waals surface area contributed by atoms with Crippen LogP contribution < -0.4 is 5.32 Å². The van der Waals surface area contributed by atoms with E-state index in [2.05, 4.69) is 59.4 Å². The van der Waals surface area contributed by atoms with E-state index in [9.17, 15) is 0 Å². The van der Waals surface area contributed by atoms with Crippen LogP contribution in [0.15, 0.2) is 47.2 Å². The fourth-order valence-corrected chi connectivity index (χ4v) is 2.59. The highest BCUT2D eigenvalue weighted by atomic mass is 32.1. The maximum Gasteiger partial charge on any atom is 0.00176 e. The Morgan fingerprint density at radius 3 is 2.71 bits per heavy atom. The van der Waals surface area contributed by atoms with Crippen molar-refractivity contribution in [3.8, 4) is 0 Å². The molecule has 0 aliphatic carbocycles. The zero-order chi connectivity index (χ0) is 11.9. The summed E-state index contributed by atoms with van der Waals surface area (Å²) >= 11 is 1.77. The first-order valence-electron chi connectivity index (χ1n) is 6.13. The van der Waals surface area contributed by atoms with E-state index < -0.39 is 0 Å². The summed E-state index contributed by atoms with van der Waals surface area (Å²) in [5.74, 6) is 0.582. The normalized spacial score (nSPS) is 12.5. The minimum atomic E-state index is 0.582. The molecule has 0 aliphatic heterocycles. The van der Waals surface area contributed by atoms with E-state index in [0.29, 0.717) is 5.92 Å². The molecular formula is C15H19NS. The van der Waals surface area contributed by atoms with Crippen molar-refractivity contribution in [2.45, 2.75) is 19.3 Å². The number of benzene rings is 1. The van der Waals surface area contributed by atoms with Crippen molar-refractivity contribution < 1.29 is 0 Å². The van der Waals surface area contributed by atoms with E-state index in [4.69, 9.17) is 0 Å². The van der Waals surface area contributed by atoms with E-state index >= 15 is 0 Å². The first-order valence-corrected chi connectivity index (χ1v) is 7.07. The molecule has 90 valence electrons. The van der Waals surface area contributed by atoms with Crippen LogP contribution >= 0.6 is 11.3 Å². The van der Waals surface area contributed by atoms with Gasteiger partial charge in [-0.25, -0.2) is 0 Å². The minimum absolute atomic E-state index is 0.582. The van der Waals surface area contributed by atoms with Gasteiger partial charge in [0.15, 0.2) is 0 Å². The molecule has 0 radical (unpaired) electrons. The van der Waals surface area contributed by atoms with Crippen LogP contribution in [-0.2, 0) is 6.42 Å². The van der Waals surface area contributed by atoms with Gasteiger partial charge in [0.1, 0.15) is 0 Å². The lowest BCUT2D eigenvalue weighted by molar-refractivity contribution is 0.615. The summed E-state index contributed by atoms with van der Waals surface area (Å²) in [6.45, 7) is 4.38. The third-order valence-electron chi connectivity index (χ3n) is 2.99. The van der Waals surface area contributed by atoms with Crippen LogP contribution in [0.25, 0.3) is 0 Å². The molecular weight excluding hydrogens is 226 g/mol. The van der Waals surface area contributed by atoms with Crippen molar-refractivity contribution >= 4 is 11.3 Å². The zero-order valence-electron chi connectivity index (χ0n) is 10.2. The van der Waals surface area contributed by atoms with Crippen LogP contribution in [0.3, 0.4) is 0 Å². The Morgan fingerprint density at radius 2 is 2.00 bits per heavy atom. The topological polar surface area (TPSA) is 12.0 Å². The lowest BCUT2D eigenvalue weighted by Crippen LogP contribution is -2.22. The molecule has 0 bridgehead atoms. The third kappa shape index (κ3) is 3.99. The SMILES string of the molecule is CC(CNCCc1ccsc1)c1ccccc1. The van der Waals surface area contributed by atoms with Crippen LogP contribution in [0.4, 0.5) is 0 Å². The van der Waals surface area contributed by atoms with Crippen molar-refractivity contribution in [2.24, 2.45) is 0 Å². The predicted molar refractivity (Wildman–Crippen MR) is 75.7 cm³/mol. The first-order chi connectivity index (χ1) is 8.36. The summed E-state index contributed by atoms with van der Waals surface area (Å²) in [6.07, 6.45) is 1.13. The maximum atomic E-state index is 3.53. The monoisotopic (exact) mass is 245 g/mol. The van der Waals surface area contributed by atoms with Crippen molar-refractivity contribution in [1.29, 1.82) is 0 Å². The Morgan fingerprint density at radius 1 is 1.18 bits per heavy atom. The molecule has 2 rings (SSSR count). The molecule has 1 N–H and O–H groups in total. The summed E-state index contributed by atoms with van der Waals surface area (Å²) in [6, 6.07) is 12.9. The predicted octanol–water partition coefficient (Wildman–Crippen LogP) is 3.68. The van der Waals surface area contributed by atoms with Gasteiger partial charge < -0.3 is 5.32 Å². The number of thiophene rings is 1. The van der Waals surface area contributed by atoms with E-state index in [1.54, 1.807) is 11.3 Å². The maximum absolute atomic E-state index is 3.53. The lowest BCUT2D eigenvalue weighted by atomic mass is 10.0. The van der Waals surface area contributed by atoms with Crippen LogP contribution in [0.1, 0.15) is 24.0 Å². The van der Waals surface area contributed by atoms with Gasteiger partial charge >= 0.3 is 0 Å². The molecule has 0 amide bonds. The standard InChI is InChI=1S/C15H19NS/c1-13(15-5-3-2-4-6-15)11-16-9-7-14-8-10-17-12-14/h2-6,8,10,12-13,16H,7,9,11H2,1H3. The van der Waals surface area contributed by atoms with Gasteiger partial charge in [0.2, 0.25) is 0 Å². The van der Waals surface area contributed by atoms with Gasteiger partial charge in [0.25, 0.3) is 0 Å². The average molecular weight is 245 g/mol. The highest BCUT2D eigenvalue weighted by Gasteiger charge is 2.03. The highest BCUT2D eigenvalue weighted by Crippen LogP contribution is 2.13. The van der Waals surface area contributed by atoms with E-state index in [0.717, 1.165) is 19.5 Å². The van der Waals surface area contributed by atoms with Gasteiger partial charge in [-0.2, -0.15) is 11.3 Å². The molecule has 1 heterocycles. The first kappa shape index (κ1) is 12.3. The molecule has 1 nitrogen and oxygen atoms in total. The highest BCUT2D eigenvalue weighted by molar-refractivity contribution is 7.07. The van der Waals surface area contributed by atoms with Crippen molar-refractivity contribution in [1.82, 2.24) is 5.32 Å². The largest absolute Gasteiger partial charge is 0.316 e. The second-order valence-electron chi connectivity index (χ2n) is 4.40. The summed E-state index contributed by atoms with van der Waals surface area (Å²) in [5.41, 5.74) is 2.85. The van der Waals surface area contributed by atoms with Crippen molar-refractivity contribution in [2.75, 3.05) is 13.1 Å².